The molecule has 0 saturated heterocycles. The lowest BCUT2D eigenvalue weighted by atomic mass is 10.1. The van der Waals surface area contributed by atoms with E-state index < -0.39 is 50.3 Å². The van der Waals surface area contributed by atoms with Gasteiger partial charge in [-0.2, -0.15) is 18.4 Å². The number of benzene rings is 2. The van der Waals surface area contributed by atoms with Gasteiger partial charge in [0.1, 0.15) is 12.6 Å². The summed E-state index contributed by atoms with van der Waals surface area (Å²) in [5.41, 5.74) is -1.55. The van der Waals surface area contributed by atoms with Crippen LogP contribution in [-0.4, -0.2) is 26.5 Å². The fraction of sp³-hybridized carbons (Fsp3) is 0.211. The molecule has 1 unspecified atom stereocenters. The van der Waals surface area contributed by atoms with Gasteiger partial charge in [-0.3, -0.25) is 4.79 Å². The molecule has 0 fully saturated rings. The number of alkyl carbamates (subject to hydrolysis) is 1. The van der Waals surface area contributed by atoms with Gasteiger partial charge in [0, 0.05) is 0 Å². The summed E-state index contributed by atoms with van der Waals surface area (Å²) in [7, 11) is -4.70. The molecule has 0 heterocycles. The molecule has 164 valence electrons. The first-order valence-electron chi connectivity index (χ1n) is 8.59. The predicted molar refractivity (Wildman–Crippen MR) is 101 cm³/mol. The van der Waals surface area contributed by atoms with Crippen molar-refractivity contribution in [3.05, 3.63) is 65.2 Å². The molecule has 0 bridgehead atoms. The molecule has 2 aromatic rings. The number of amides is 2. The van der Waals surface area contributed by atoms with Crippen LogP contribution in [0.25, 0.3) is 0 Å². The fourth-order valence-corrected chi connectivity index (χ4v) is 3.39. The van der Waals surface area contributed by atoms with Gasteiger partial charge in [-0.25, -0.2) is 17.9 Å². The highest BCUT2D eigenvalue weighted by molar-refractivity contribution is 7.90. The maximum atomic E-state index is 13.0. The highest BCUT2D eigenvalue weighted by Gasteiger charge is 2.35. The lowest BCUT2D eigenvalue weighted by Crippen LogP contribution is -2.46. The number of nitriles is 1. The summed E-state index contributed by atoms with van der Waals surface area (Å²) in [5, 5.41) is 10.9. The first kappa shape index (κ1) is 23.7. The Bertz CT molecular complexity index is 1110. The summed E-state index contributed by atoms with van der Waals surface area (Å²) in [4.78, 5) is 23.0. The van der Waals surface area contributed by atoms with E-state index in [0.29, 0.717) is 11.6 Å². The highest BCUT2D eigenvalue weighted by Crippen LogP contribution is 2.33. The maximum Gasteiger partial charge on any atom is 0.417 e. The summed E-state index contributed by atoms with van der Waals surface area (Å²) in [6, 6.07) is 10.3. The SMILES string of the molecule is CC(NC(=O)OCc1ccccc1)C(=O)NS(=O)(=O)c1ccc(C#N)c(C(F)(F)F)c1. The van der Waals surface area contributed by atoms with Crippen molar-refractivity contribution in [2.24, 2.45) is 0 Å². The number of hydrogen-bond donors (Lipinski definition) is 2. The molecule has 0 radical (unpaired) electrons. The molecule has 2 rings (SSSR count). The Morgan fingerprint density at radius 1 is 1.16 bits per heavy atom. The molecule has 0 aromatic heterocycles. The zero-order valence-corrected chi connectivity index (χ0v) is 16.8. The van der Waals surface area contributed by atoms with Crippen molar-refractivity contribution in [2.45, 2.75) is 30.6 Å². The molecule has 2 amide bonds. The predicted octanol–water partition coefficient (Wildman–Crippen LogP) is 2.70. The molecular weight excluding hydrogens is 439 g/mol. The number of carbonyl (C=O) groups excluding carboxylic acids is 2. The van der Waals surface area contributed by atoms with E-state index in [0.717, 1.165) is 13.0 Å². The third-order valence-electron chi connectivity index (χ3n) is 3.90. The average molecular weight is 455 g/mol. The van der Waals surface area contributed by atoms with Crippen LogP contribution < -0.4 is 10.0 Å². The number of ether oxygens (including phenoxy) is 1. The van der Waals surface area contributed by atoms with Gasteiger partial charge in [0.25, 0.3) is 15.9 Å². The molecule has 31 heavy (non-hydrogen) atoms. The quantitative estimate of drug-likeness (QED) is 0.690. The molecule has 2 aromatic carbocycles. The highest BCUT2D eigenvalue weighted by atomic mass is 32.2. The number of nitrogens with zero attached hydrogens (tertiary/aromatic N) is 1. The second kappa shape index (κ2) is 9.48. The third-order valence-corrected chi connectivity index (χ3v) is 5.25. The van der Waals surface area contributed by atoms with Gasteiger partial charge in [-0.05, 0) is 30.7 Å². The normalized spacial score (nSPS) is 12.4. The minimum absolute atomic E-state index is 0.0925. The largest absolute Gasteiger partial charge is 0.445 e. The van der Waals surface area contributed by atoms with Gasteiger partial charge in [0.05, 0.1) is 22.1 Å². The van der Waals surface area contributed by atoms with Crippen LogP contribution in [0.5, 0.6) is 0 Å². The second-order valence-electron chi connectivity index (χ2n) is 6.21. The van der Waals surface area contributed by atoms with Gasteiger partial charge >= 0.3 is 12.3 Å². The number of hydrogen-bond acceptors (Lipinski definition) is 6. The Kier molecular flexibility index (Phi) is 7.24. The van der Waals surface area contributed by atoms with Crippen molar-refractivity contribution in [3.8, 4) is 6.07 Å². The smallest absolute Gasteiger partial charge is 0.417 e. The van der Waals surface area contributed by atoms with E-state index in [2.05, 4.69) is 5.32 Å². The van der Waals surface area contributed by atoms with E-state index in [1.165, 1.54) is 6.07 Å². The van der Waals surface area contributed by atoms with Crippen LogP contribution in [0, 0.1) is 11.3 Å². The number of sulfonamides is 1. The summed E-state index contributed by atoms with van der Waals surface area (Å²) >= 11 is 0. The zero-order chi connectivity index (χ0) is 23.2. The number of nitrogens with one attached hydrogen (secondary N) is 2. The fourth-order valence-electron chi connectivity index (χ4n) is 2.31. The standard InChI is InChI=1S/C19H16F3N3O5S/c1-12(24-18(27)30-11-13-5-3-2-4-6-13)17(26)25-31(28,29)15-8-7-14(10-23)16(9-15)19(20,21)22/h2-9,12H,11H2,1H3,(H,24,27)(H,25,26). The average Bonchev–Trinajstić information content (AvgIpc) is 2.71. The first-order valence-corrected chi connectivity index (χ1v) is 10.1. The summed E-state index contributed by atoms with van der Waals surface area (Å²) in [6.45, 7) is 1.07. The van der Waals surface area contributed by atoms with Crippen molar-refractivity contribution < 1.29 is 35.9 Å². The lowest BCUT2D eigenvalue weighted by Gasteiger charge is -2.15. The minimum Gasteiger partial charge on any atom is -0.445 e. The molecule has 2 N–H and O–H groups in total. The van der Waals surface area contributed by atoms with E-state index in [1.54, 1.807) is 35.1 Å². The van der Waals surface area contributed by atoms with Crippen LogP contribution in [0.4, 0.5) is 18.0 Å². The lowest BCUT2D eigenvalue weighted by molar-refractivity contribution is -0.137. The van der Waals surface area contributed by atoms with E-state index >= 15 is 0 Å². The van der Waals surface area contributed by atoms with Gasteiger partial charge in [0.2, 0.25) is 0 Å². The number of rotatable bonds is 6. The topological polar surface area (TPSA) is 125 Å². The van der Waals surface area contributed by atoms with Crippen LogP contribution in [0.15, 0.2) is 53.4 Å². The monoisotopic (exact) mass is 455 g/mol. The van der Waals surface area contributed by atoms with Crippen molar-refractivity contribution in [3.63, 3.8) is 0 Å². The van der Waals surface area contributed by atoms with Crippen LogP contribution in [-0.2, 0) is 32.3 Å². The second-order valence-corrected chi connectivity index (χ2v) is 7.90. The molecule has 0 aliphatic rings. The Labute approximate surface area is 175 Å². The van der Waals surface area contributed by atoms with Gasteiger partial charge < -0.3 is 10.1 Å². The summed E-state index contributed by atoms with van der Waals surface area (Å²) in [6.07, 6.45) is -5.97. The number of halogens is 3. The molecule has 8 nitrogen and oxygen atoms in total. The molecule has 1 atom stereocenters. The van der Waals surface area contributed by atoms with Crippen LogP contribution in [0.2, 0.25) is 0 Å². The van der Waals surface area contributed by atoms with Crippen LogP contribution in [0.3, 0.4) is 0 Å². The molecule has 0 aliphatic carbocycles. The Balaban J connectivity index is 2.05. The summed E-state index contributed by atoms with van der Waals surface area (Å²) < 4.78 is 70.2. The summed E-state index contributed by atoms with van der Waals surface area (Å²) in [5.74, 6) is -1.20. The Morgan fingerprint density at radius 3 is 2.39 bits per heavy atom. The molecule has 0 spiro atoms. The molecule has 0 saturated carbocycles. The molecule has 0 aliphatic heterocycles. The van der Waals surface area contributed by atoms with E-state index in [1.807, 2.05) is 0 Å². The van der Waals surface area contributed by atoms with Crippen molar-refractivity contribution in [1.29, 1.82) is 5.26 Å². The van der Waals surface area contributed by atoms with E-state index in [9.17, 15) is 31.2 Å². The Hall–Kier alpha value is -3.59. The van der Waals surface area contributed by atoms with Crippen molar-refractivity contribution in [2.75, 3.05) is 0 Å². The van der Waals surface area contributed by atoms with Gasteiger partial charge in [-0.1, -0.05) is 30.3 Å². The van der Waals surface area contributed by atoms with E-state index in [-0.39, 0.29) is 12.7 Å². The number of alkyl halides is 3. The van der Waals surface area contributed by atoms with Crippen LogP contribution in [0.1, 0.15) is 23.6 Å². The van der Waals surface area contributed by atoms with Gasteiger partial charge in [0.15, 0.2) is 0 Å². The van der Waals surface area contributed by atoms with E-state index in [4.69, 9.17) is 10.00 Å². The molecular formula is C19H16F3N3O5S. The van der Waals surface area contributed by atoms with Crippen LogP contribution >= 0.6 is 0 Å². The number of carbonyl (C=O) groups is 2. The maximum absolute atomic E-state index is 13.0. The third kappa shape index (κ3) is 6.45. The van der Waals surface area contributed by atoms with Crippen molar-refractivity contribution >= 4 is 22.0 Å². The first-order chi connectivity index (χ1) is 14.4. The molecule has 12 heteroatoms. The minimum atomic E-state index is -4.97. The Morgan fingerprint density at radius 2 is 1.81 bits per heavy atom. The van der Waals surface area contributed by atoms with Gasteiger partial charge in [-0.15, -0.1) is 0 Å². The zero-order valence-electron chi connectivity index (χ0n) is 15.9. The van der Waals surface area contributed by atoms with Crippen molar-refractivity contribution in [1.82, 2.24) is 10.0 Å².